The number of aromatic nitrogens is 1. The molecular formula is C18H13ClN2O3S. The quantitative estimate of drug-likeness (QED) is 0.747. The van der Waals surface area contributed by atoms with Crippen LogP contribution in [0.25, 0.3) is 11.3 Å². The zero-order valence-corrected chi connectivity index (χ0v) is 14.5. The van der Waals surface area contributed by atoms with Crippen LogP contribution in [0.1, 0.15) is 0 Å². The lowest BCUT2D eigenvalue weighted by Gasteiger charge is -2.25. The molecule has 1 aromatic heterocycles. The number of ether oxygens (including phenoxy) is 2. The maximum Gasteiger partial charge on any atom is 0.270 e. The highest BCUT2D eigenvalue weighted by atomic mass is 35.5. The molecule has 0 saturated carbocycles. The molecular weight excluding hydrogens is 360 g/mol. The van der Waals surface area contributed by atoms with Crippen molar-refractivity contribution in [2.24, 2.45) is 0 Å². The van der Waals surface area contributed by atoms with Crippen LogP contribution in [0, 0.1) is 0 Å². The van der Waals surface area contributed by atoms with Gasteiger partial charge in [-0.05, 0) is 24.3 Å². The minimum absolute atomic E-state index is 0.165. The summed E-state index contributed by atoms with van der Waals surface area (Å²) < 4.78 is 11.3. The van der Waals surface area contributed by atoms with Crippen molar-refractivity contribution in [1.29, 1.82) is 0 Å². The molecule has 1 atom stereocenters. The highest BCUT2D eigenvalue weighted by Crippen LogP contribution is 2.31. The van der Waals surface area contributed by atoms with Crippen LogP contribution in [0.3, 0.4) is 0 Å². The number of halogens is 1. The minimum atomic E-state index is -0.710. The fourth-order valence-electron chi connectivity index (χ4n) is 2.42. The summed E-state index contributed by atoms with van der Waals surface area (Å²) in [7, 11) is 0. The van der Waals surface area contributed by atoms with Gasteiger partial charge in [0.05, 0.1) is 5.69 Å². The number of amides is 1. The number of carbonyl (C=O) groups is 1. The second-order valence-electron chi connectivity index (χ2n) is 5.40. The van der Waals surface area contributed by atoms with E-state index in [2.05, 4.69) is 10.3 Å². The topological polar surface area (TPSA) is 60.5 Å². The zero-order valence-electron chi connectivity index (χ0n) is 12.9. The van der Waals surface area contributed by atoms with Gasteiger partial charge in [0.2, 0.25) is 6.10 Å². The fourth-order valence-corrected chi connectivity index (χ4v) is 3.27. The molecule has 0 bridgehead atoms. The van der Waals surface area contributed by atoms with E-state index in [4.69, 9.17) is 21.1 Å². The second kappa shape index (κ2) is 6.74. The highest BCUT2D eigenvalue weighted by Gasteiger charge is 2.27. The third-order valence-corrected chi connectivity index (χ3v) is 4.69. The number of rotatable bonds is 3. The van der Waals surface area contributed by atoms with Gasteiger partial charge in [-0.3, -0.25) is 10.1 Å². The Balaban J connectivity index is 1.44. The standard InChI is InChI=1S/C18H13ClN2O3S/c19-12-7-5-11(6-8-12)13-10-25-18(20-13)21-17(22)16-9-23-14-3-1-2-4-15(14)24-16/h1-8,10,16H,9H2,(H,20,21,22)/t16-/m0/s1. The van der Waals surface area contributed by atoms with E-state index in [0.717, 1.165) is 11.3 Å². The first-order chi connectivity index (χ1) is 12.2. The summed E-state index contributed by atoms with van der Waals surface area (Å²) in [5.74, 6) is 0.923. The van der Waals surface area contributed by atoms with Gasteiger partial charge in [-0.25, -0.2) is 4.98 Å². The van der Waals surface area contributed by atoms with Gasteiger partial charge in [-0.2, -0.15) is 0 Å². The molecule has 5 nitrogen and oxygen atoms in total. The molecule has 0 unspecified atom stereocenters. The van der Waals surface area contributed by atoms with Crippen molar-refractivity contribution >= 4 is 34.0 Å². The zero-order chi connectivity index (χ0) is 17.2. The highest BCUT2D eigenvalue weighted by molar-refractivity contribution is 7.14. The second-order valence-corrected chi connectivity index (χ2v) is 6.69. The summed E-state index contributed by atoms with van der Waals surface area (Å²) in [6, 6.07) is 14.7. The lowest BCUT2D eigenvalue weighted by molar-refractivity contribution is -0.125. The van der Waals surface area contributed by atoms with Crippen molar-refractivity contribution in [3.63, 3.8) is 0 Å². The molecule has 2 aromatic carbocycles. The average Bonchev–Trinajstić information content (AvgIpc) is 3.10. The van der Waals surface area contributed by atoms with Gasteiger partial charge in [-0.15, -0.1) is 11.3 Å². The van der Waals surface area contributed by atoms with Crippen molar-refractivity contribution < 1.29 is 14.3 Å². The first kappa shape index (κ1) is 15.9. The van der Waals surface area contributed by atoms with Gasteiger partial charge < -0.3 is 9.47 Å². The fraction of sp³-hybridized carbons (Fsp3) is 0.111. The molecule has 25 heavy (non-hydrogen) atoms. The molecule has 0 aliphatic carbocycles. The largest absolute Gasteiger partial charge is 0.485 e. The number of hydrogen-bond donors (Lipinski definition) is 1. The Kier molecular flexibility index (Phi) is 4.29. The Morgan fingerprint density at radius 3 is 2.72 bits per heavy atom. The maximum atomic E-state index is 12.4. The van der Waals surface area contributed by atoms with Crippen LogP contribution in [0.5, 0.6) is 11.5 Å². The number of carbonyl (C=O) groups excluding carboxylic acids is 1. The van der Waals surface area contributed by atoms with E-state index in [0.29, 0.717) is 21.7 Å². The van der Waals surface area contributed by atoms with Gasteiger partial charge in [0.15, 0.2) is 16.6 Å². The van der Waals surface area contributed by atoms with Crippen LogP contribution in [0.15, 0.2) is 53.9 Å². The first-order valence-corrected chi connectivity index (χ1v) is 8.85. The monoisotopic (exact) mass is 372 g/mol. The molecule has 0 spiro atoms. The third-order valence-electron chi connectivity index (χ3n) is 3.68. The van der Waals surface area contributed by atoms with Crippen LogP contribution < -0.4 is 14.8 Å². The SMILES string of the molecule is O=C(Nc1nc(-c2ccc(Cl)cc2)cs1)[C@@H]1COc2ccccc2O1. The summed E-state index contributed by atoms with van der Waals surface area (Å²) in [5, 5.41) is 5.84. The van der Waals surface area contributed by atoms with Crippen molar-refractivity contribution in [3.05, 3.63) is 58.9 Å². The van der Waals surface area contributed by atoms with Crippen LogP contribution in [-0.4, -0.2) is 23.6 Å². The number of hydrogen-bond acceptors (Lipinski definition) is 5. The molecule has 1 aliphatic heterocycles. The Labute approximate surface area is 153 Å². The summed E-state index contributed by atoms with van der Waals surface area (Å²) in [5.41, 5.74) is 1.72. The molecule has 2 heterocycles. The number of para-hydroxylation sites is 2. The molecule has 1 N–H and O–H groups in total. The lowest BCUT2D eigenvalue weighted by Crippen LogP contribution is -2.40. The van der Waals surface area contributed by atoms with Crippen molar-refractivity contribution in [2.45, 2.75) is 6.10 Å². The van der Waals surface area contributed by atoms with E-state index in [-0.39, 0.29) is 12.5 Å². The van der Waals surface area contributed by atoms with Crippen LogP contribution in [0.2, 0.25) is 5.02 Å². The maximum absolute atomic E-state index is 12.4. The van der Waals surface area contributed by atoms with Crippen LogP contribution in [-0.2, 0) is 4.79 Å². The number of anilines is 1. The predicted molar refractivity (Wildman–Crippen MR) is 97.5 cm³/mol. The Morgan fingerprint density at radius 2 is 1.92 bits per heavy atom. The van der Waals surface area contributed by atoms with Gasteiger partial charge >= 0.3 is 0 Å². The normalized spacial score (nSPS) is 15.6. The molecule has 3 aromatic rings. The lowest BCUT2D eigenvalue weighted by atomic mass is 10.2. The van der Waals surface area contributed by atoms with Gasteiger partial charge in [0.1, 0.15) is 6.61 Å². The van der Waals surface area contributed by atoms with Crippen molar-refractivity contribution in [2.75, 3.05) is 11.9 Å². The smallest absolute Gasteiger partial charge is 0.270 e. The van der Waals surface area contributed by atoms with E-state index in [9.17, 15) is 4.79 Å². The molecule has 0 fully saturated rings. The first-order valence-electron chi connectivity index (χ1n) is 7.60. The van der Waals surface area contributed by atoms with Crippen LogP contribution >= 0.6 is 22.9 Å². The molecule has 126 valence electrons. The Morgan fingerprint density at radius 1 is 1.16 bits per heavy atom. The minimum Gasteiger partial charge on any atom is -0.485 e. The summed E-state index contributed by atoms with van der Waals surface area (Å²) >= 11 is 7.25. The molecule has 0 radical (unpaired) electrons. The van der Waals surface area contributed by atoms with E-state index in [1.54, 1.807) is 18.2 Å². The van der Waals surface area contributed by atoms with Crippen LogP contribution in [0.4, 0.5) is 5.13 Å². The van der Waals surface area contributed by atoms with Gasteiger partial charge in [0.25, 0.3) is 5.91 Å². The van der Waals surface area contributed by atoms with E-state index >= 15 is 0 Å². The Hall–Kier alpha value is -2.57. The van der Waals surface area contributed by atoms with Crippen molar-refractivity contribution in [3.8, 4) is 22.8 Å². The molecule has 1 aliphatic rings. The number of nitrogens with zero attached hydrogens (tertiary/aromatic N) is 1. The number of thiazole rings is 1. The van der Waals surface area contributed by atoms with E-state index in [1.807, 2.05) is 35.7 Å². The summed E-state index contributed by atoms with van der Waals surface area (Å²) in [4.78, 5) is 16.8. The van der Waals surface area contributed by atoms with Gasteiger partial charge in [0, 0.05) is 16.0 Å². The molecule has 0 saturated heterocycles. The summed E-state index contributed by atoms with van der Waals surface area (Å²) in [6.07, 6.45) is -0.710. The van der Waals surface area contributed by atoms with E-state index < -0.39 is 6.10 Å². The number of benzene rings is 2. The predicted octanol–water partition coefficient (Wildman–Crippen LogP) is 4.24. The molecule has 7 heteroatoms. The summed E-state index contributed by atoms with van der Waals surface area (Å²) in [6.45, 7) is 0.165. The molecule has 1 amide bonds. The van der Waals surface area contributed by atoms with Gasteiger partial charge in [-0.1, -0.05) is 35.9 Å². The Bertz CT molecular complexity index is 911. The van der Waals surface area contributed by atoms with Crippen molar-refractivity contribution in [1.82, 2.24) is 4.98 Å². The number of nitrogens with one attached hydrogen (secondary N) is 1. The average molecular weight is 373 g/mol. The third kappa shape index (κ3) is 3.45. The molecule has 4 rings (SSSR count). The van der Waals surface area contributed by atoms with E-state index in [1.165, 1.54) is 11.3 Å². The number of fused-ring (bicyclic) bond motifs is 1.